The van der Waals surface area contributed by atoms with Crippen LogP contribution in [0.15, 0.2) is 76.2 Å². The summed E-state index contributed by atoms with van der Waals surface area (Å²) in [7, 11) is -4.01. The molecule has 224 valence electrons. The molecule has 42 heavy (non-hydrogen) atoms. The molecule has 8 nitrogen and oxygen atoms in total. The molecule has 0 unspecified atom stereocenters. The van der Waals surface area contributed by atoms with Gasteiger partial charge >= 0.3 is 0 Å². The summed E-state index contributed by atoms with van der Waals surface area (Å²) in [5.74, 6) is -1.00. The van der Waals surface area contributed by atoms with Gasteiger partial charge in [-0.3, -0.25) is 23.9 Å². The number of benzene rings is 2. The first-order valence-electron chi connectivity index (χ1n) is 14.3. The summed E-state index contributed by atoms with van der Waals surface area (Å²) in [4.78, 5) is 32.9. The fourth-order valence-electron chi connectivity index (χ4n) is 4.93. The highest BCUT2D eigenvalue weighted by atomic mass is 32.2. The zero-order valence-corrected chi connectivity index (χ0v) is 26.4. The minimum Gasteiger partial charge on any atom is -0.335 e. The number of anilines is 1. The van der Waals surface area contributed by atoms with Gasteiger partial charge in [0.1, 0.15) is 5.57 Å². The molecule has 0 saturated carbocycles. The molecule has 1 saturated heterocycles. The number of amides is 2. The number of thioether (sulfide) groups is 1. The molecule has 1 N–H and O–H groups in total. The predicted molar refractivity (Wildman–Crippen MR) is 174 cm³/mol. The van der Waals surface area contributed by atoms with Crippen LogP contribution in [0.4, 0.5) is 5.69 Å². The first kappa shape index (κ1) is 31.9. The number of unbranched alkanes of at least 4 members (excludes halogenated alkanes) is 3. The van der Waals surface area contributed by atoms with E-state index in [-0.39, 0.29) is 28.3 Å². The SMILES string of the molecule is CCCCN1C(=O)C(=CC=CC=C2Sc3ccc4ccccc4c3N2CCCCS(=O)(=O)O)C(=O)N(CCCC)C1=S. The first-order chi connectivity index (χ1) is 20.2. The normalized spacial score (nSPS) is 16.9. The van der Waals surface area contributed by atoms with Gasteiger partial charge in [0.2, 0.25) is 0 Å². The molecule has 2 aromatic rings. The van der Waals surface area contributed by atoms with Crippen LogP contribution in [0.2, 0.25) is 0 Å². The van der Waals surface area contributed by atoms with Crippen molar-refractivity contribution in [2.45, 2.75) is 57.3 Å². The van der Waals surface area contributed by atoms with E-state index < -0.39 is 10.1 Å². The van der Waals surface area contributed by atoms with Gasteiger partial charge in [-0.2, -0.15) is 8.42 Å². The molecule has 0 aliphatic carbocycles. The van der Waals surface area contributed by atoms with Crippen LogP contribution in [-0.4, -0.2) is 65.1 Å². The van der Waals surface area contributed by atoms with Crippen LogP contribution in [0.5, 0.6) is 0 Å². The van der Waals surface area contributed by atoms with Gasteiger partial charge in [0, 0.05) is 29.9 Å². The average molecular weight is 628 g/mol. The highest BCUT2D eigenvalue weighted by Crippen LogP contribution is 2.49. The lowest BCUT2D eigenvalue weighted by atomic mass is 10.1. The van der Waals surface area contributed by atoms with E-state index >= 15 is 0 Å². The number of fused-ring (bicyclic) bond motifs is 3. The largest absolute Gasteiger partial charge is 0.335 e. The van der Waals surface area contributed by atoms with Crippen molar-refractivity contribution in [3.05, 3.63) is 71.3 Å². The van der Waals surface area contributed by atoms with E-state index in [4.69, 9.17) is 16.8 Å². The zero-order valence-electron chi connectivity index (χ0n) is 24.0. The van der Waals surface area contributed by atoms with Crippen LogP contribution < -0.4 is 4.90 Å². The summed E-state index contributed by atoms with van der Waals surface area (Å²) in [6.07, 6.45) is 11.3. The van der Waals surface area contributed by atoms with Crippen molar-refractivity contribution in [1.82, 2.24) is 9.80 Å². The molecule has 2 aliphatic heterocycles. The van der Waals surface area contributed by atoms with Gasteiger partial charge in [-0.15, -0.1) is 0 Å². The standard InChI is InChI=1S/C31H37N3O5S3/c1-3-5-19-33-29(35)25(30(36)34(31(33)40)20-6-4-2)15-9-10-16-27-32(21-11-12-22-42(37,38)39)28-24-14-8-7-13-23(24)17-18-26(28)41-27/h7-10,13-18H,3-6,11-12,19-22H2,1-2H3,(H,37,38,39). The Balaban J connectivity index is 1.60. The number of hydrogen-bond donors (Lipinski definition) is 1. The maximum atomic E-state index is 13.3. The molecule has 4 rings (SSSR count). The second kappa shape index (κ2) is 14.5. The molecule has 1 fully saturated rings. The van der Waals surface area contributed by atoms with E-state index in [2.05, 4.69) is 29.2 Å². The molecule has 0 spiro atoms. The number of thiocarbonyl (C=S) groups is 1. The lowest BCUT2D eigenvalue weighted by molar-refractivity contribution is -0.133. The summed E-state index contributed by atoms with van der Waals surface area (Å²) >= 11 is 7.14. The summed E-state index contributed by atoms with van der Waals surface area (Å²) in [5, 5.41) is 3.43. The second-order valence-corrected chi connectivity index (χ2v) is 13.3. The second-order valence-electron chi connectivity index (χ2n) is 10.3. The van der Waals surface area contributed by atoms with Crippen molar-refractivity contribution < 1.29 is 22.6 Å². The van der Waals surface area contributed by atoms with Crippen molar-refractivity contribution in [2.75, 3.05) is 30.3 Å². The van der Waals surface area contributed by atoms with Crippen LogP contribution in [0, 0.1) is 0 Å². The lowest BCUT2D eigenvalue weighted by Crippen LogP contribution is -2.56. The Morgan fingerprint density at radius 1 is 0.833 bits per heavy atom. The Morgan fingerprint density at radius 3 is 2.10 bits per heavy atom. The Kier molecular flexibility index (Phi) is 11.0. The van der Waals surface area contributed by atoms with Crippen LogP contribution >= 0.6 is 24.0 Å². The summed E-state index contributed by atoms with van der Waals surface area (Å²) in [6.45, 7) is 5.61. The van der Waals surface area contributed by atoms with Gasteiger partial charge in [-0.25, -0.2) is 0 Å². The summed E-state index contributed by atoms with van der Waals surface area (Å²) < 4.78 is 31.6. The highest BCUT2D eigenvalue weighted by molar-refractivity contribution is 8.03. The van der Waals surface area contributed by atoms with Gasteiger partial charge in [-0.05, 0) is 61.5 Å². The van der Waals surface area contributed by atoms with Gasteiger partial charge in [-0.1, -0.05) is 80.9 Å². The average Bonchev–Trinajstić information content (AvgIpc) is 3.32. The van der Waals surface area contributed by atoms with Crippen molar-refractivity contribution in [3.63, 3.8) is 0 Å². The zero-order chi connectivity index (χ0) is 30.3. The third kappa shape index (κ3) is 7.50. The summed E-state index contributed by atoms with van der Waals surface area (Å²) in [5.41, 5.74) is 1.16. The topological polar surface area (TPSA) is 98.2 Å². The number of rotatable bonds is 13. The van der Waals surface area contributed by atoms with Crippen LogP contribution in [-0.2, 0) is 19.7 Å². The van der Waals surface area contributed by atoms with Crippen LogP contribution in [0.25, 0.3) is 10.8 Å². The smallest absolute Gasteiger partial charge is 0.265 e. The van der Waals surface area contributed by atoms with Gasteiger partial charge < -0.3 is 4.90 Å². The third-order valence-corrected chi connectivity index (χ3v) is 9.50. The molecule has 2 amide bonds. The summed E-state index contributed by atoms with van der Waals surface area (Å²) in [6, 6.07) is 12.3. The number of carbonyl (C=O) groups excluding carboxylic acids is 2. The Morgan fingerprint density at radius 2 is 1.45 bits per heavy atom. The van der Waals surface area contributed by atoms with Crippen LogP contribution in [0.3, 0.4) is 0 Å². The van der Waals surface area contributed by atoms with Crippen LogP contribution in [0.1, 0.15) is 52.4 Å². The monoisotopic (exact) mass is 627 g/mol. The quantitative estimate of drug-likeness (QED) is 0.0909. The lowest BCUT2D eigenvalue weighted by Gasteiger charge is -2.36. The number of hydrogen-bond acceptors (Lipinski definition) is 7. The molecule has 2 heterocycles. The Hall–Kier alpha value is -2.99. The highest BCUT2D eigenvalue weighted by Gasteiger charge is 2.38. The fraction of sp³-hybridized carbons (Fsp3) is 0.387. The predicted octanol–water partition coefficient (Wildman–Crippen LogP) is 6.30. The molecule has 0 bridgehead atoms. The van der Waals surface area contributed by atoms with Crippen molar-refractivity contribution in [3.8, 4) is 0 Å². The minimum atomic E-state index is -4.01. The molecule has 2 aliphatic rings. The molecule has 0 aromatic heterocycles. The molecule has 0 atom stereocenters. The van der Waals surface area contributed by atoms with Gasteiger partial charge in [0.25, 0.3) is 21.9 Å². The molecule has 0 radical (unpaired) electrons. The van der Waals surface area contributed by atoms with Crippen molar-refractivity contribution in [1.29, 1.82) is 0 Å². The number of carbonyl (C=O) groups is 2. The van der Waals surface area contributed by atoms with E-state index in [9.17, 15) is 18.0 Å². The third-order valence-electron chi connectivity index (χ3n) is 7.14. The van der Waals surface area contributed by atoms with E-state index in [0.717, 1.165) is 52.1 Å². The maximum absolute atomic E-state index is 13.3. The van der Waals surface area contributed by atoms with Crippen molar-refractivity contribution in [2.24, 2.45) is 0 Å². The fourth-order valence-corrected chi connectivity index (χ4v) is 6.97. The van der Waals surface area contributed by atoms with Crippen molar-refractivity contribution >= 4 is 67.5 Å². The number of allylic oxidation sites excluding steroid dienone is 4. The van der Waals surface area contributed by atoms with Gasteiger partial charge in [0.05, 0.1) is 16.5 Å². The molecular formula is C31H37N3O5S3. The molecule has 11 heteroatoms. The van der Waals surface area contributed by atoms with E-state index in [1.54, 1.807) is 23.9 Å². The molecule has 2 aromatic carbocycles. The van der Waals surface area contributed by atoms with E-state index in [1.807, 2.05) is 38.1 Å². The van der Waals surface area contributed by atoms with E-state index in [0.29, 0.717) is 32.5 Å². The van der Waals surface area contributed by atoms with E-state index in [1.165, 1.54) is 9.80 Å². The minimum absolute atomic E-state index is 0.0980. The molecular weight excluding hydrogens is 591 g/mol. The Bertz CT molecular complexity index is 1520. The first-order valence-corrected chi connectivity index (χ1v) is 17.2. The maximum Gasteiger partial charge on any atom is 0.265 e. The Labute approximate surface area is 257 Å². The number of nitrogens with zero attached hydrogens (tertiary/aromatic N) is 3. The van der Waals surface area contributed by atoms with Gasteiger partial charge in [0.15, 0.2) is 5.11 Å².